The Labute approximate surface area is 180 Å². The van der Waals surface area contributed by atoms with Crippen LogP contribution in [-0.2, 0) is 33.3 Å². The standard InChI is InChI=1S/C21H40N2O7/c1-4-10-27-12-14-29-17-21(26)23-9-11-28-13-15-30-16-20(25)22-8-6-5-7-18(2)19(3)24/h18H,4-17H2,1-3H3,(H,22,25)(H,23,26)/t18-/m0/s1. The lowest BCUT2D eigenvalue weighted by molar-refractivity contribution is -0.127. The van der Waals surface area contributed by atoms with Crippen LogP contribution >= 0.6 is 0 Å². The Balaban J connectivity index is 3.33. The third-order valence-corrected chi connectivity index (χ3v) is 4.21. The summed E-state index contributed by atoms with van der Waals surface area (Å²) < 4.78 is 21.0. The predicted octanol–water partition coefficient (Wildman–Crippen LogP) is 1.09. The van der Waals surface area contributed by atoms with Crippen molar-refractivity contribution in [3.63, 3.8) is 0 Å². The van der Waals surface area contributed by atoms with Gasteiger partial charge in [0.2, 0.25) is 11.8 Å². The molecule has 9 heteroatoms. The van der Waals surface area contributed by atoms with E-state index < -0.39 is 0 Å². The number of carbonyl (C=O) groups excluding carboxylic acids is 3. The summed E-state index contributed by atoms with van der Waals surface area (Å²) in [6.45, 7) is 9.11. The van der Waals surface area contributed by atoms with Crippen molar-refractivity contribution in [2.24, 2.45) is 5.92 Å². The molecule has 9 nitrogen and oxygen atoms in total. The highest BCUT2D eigenvalue weighted by Crippen LogP contribution is 2.07. The summed E-state index contributed by atoms with van der Waals surface area (Å²) in [6.07, 6.45) is 3.56. The molecule has 0 spiro atoms. The van der Waals surface area contributed by atoms with Gasteiger partial charge in [-0.1, -0.05) is 20.3 Å². The Morgan fingerprint density at radius 2 is 1.27 bits per heavy atom. The van der Waals surface area contributed by atoms with Crippen LogP contribution in [0.15, 0.2) is 0 Å². The number of ether oxygens (including phenoxy) is 4. The monoisotopic (exact) mass is 432 g/mol. The minimum absolute atomic E-state index is 0.00343. The van der Waals surface area contributed by atoms with Gasteiger partial charge in [-0.25, -0.2) is 0 Å². The van der Waals surface area contributed by atoms with Gasteiger partial charge in [-0.2, -0.15) is 0 Å². The van der Waals surface area contributed by atoms with E-state index in [1.165, 1.54) is 0 Å². The molecule has 0 aliphatic carbocycles. The van der Waals surface area contributed by atoms with Gasteiger partial charge in [-0.3, -0.25) is 14.4 Å². The third-order valence-electron chi connectivity index (χ3n) is 4.21. The lowest BCUT2D eigenvalue weighted by Gasteiger charge is -2.09. The molecule has 2 amide bonds. The lowest BCUT2D eigenvalue weighted by atomic mass is 10.0. The van der Waals surface area contributed by atoms with Gasteiger partial charge in [0.15, 0.2) is 0 Å². The summed E-state index contributed by atoms with van der Waals surface area (Å²) in [4.78, 5) is 34.3. The van der Waals surface area contributed by atoms with Gasteiger partial charge in [0.25, 0.3) is 0 Å². The first kappa shape index (κ1) is 28.5. The van der Waals surface area contributed by atoms with E-state index in [0.29, 0.717) is 52.7 Å². The summed E-state index contributed by atoms with van der Waals surface area (Å²) in [6, 6.07) is 0. The van der Waals surface area contributed by atoms with E-state index in [-0.39, 0.29) is 36.7 Å². The van der Waals surface area contributed by atoms with Crippen LogP contribution in [-0.4, -0.2) is 83.5 Å². The fourth-order valence-electron chi connectivity index (χ4n) is 2.29. The van der Waals surface area contributed by atoms with Crippen molar-refractivity contribution in [3.8, 4) is 0 Å². The van der Waals surface area contributed by atoms with E-state index in [2.05, 4.69) is 10.6 Å². The maximum absolute atomic E-state index is 11.6. The third kappa shape index (κ3) is 19.8. The van der Waals surface area contributed by atoms with Crippen molar-refractivity contribution in [3.05, 3.63) is 0 Å². The van der Waals surface area contributed by atoms with Gasteiger partial charge < -0.3 is 29.6 Å². The first-order valence-corrected chi connectivity index (χ1v) is 10.8. The quantitative estimate of drug-likeness (QED) is 0.261. The van der Waals surface area contributed by atoms with Crippen molar-refractivity contribution in [2.45, 2.75) is 46.5 Å². The van der Waals surface area contributed by atoms with Gasteiger partial charge in [0.1, 0.15) is 19.0 Å². The molecule has 0 aliphatic rings. The summed E-state index contributed by atoms with van der Waals surface area (Å²) in [5.41, 5.74) is 0. The zero-order valence-electron chi connectivity index (χ0n) is 18.8. The van der Waals surface area contributed by atoms with Crippen LogP contribution in [0.3, 0.4) is 0 Å². The SMILES string of the molecule is CCCOCCOCC(=O)NCCOCCOCC(=O)NCCCC[C@H](C)C(C)=O. The van der Waals surface area contributed by atoms with E-state index >= 15 is 0 Å². The molecule has 0 rings (SSSR count). The summed E-state index contributed by atoms with van der Waals surface area (Å²) in [7, 11) is 0. The van der Waals surface area contributed by atoms with Gasteiger partial charge in [0.05, 0.1) is 33.0 Å². The molecule has 0 unspecified atom stereocenters. The Bertz CT molecular complexity index is 461. The fourth-order valence-corrected chi connectivity index (χ4v) is 2.29. The number of amides is 2. The summed E-state index contributed by atoms with van der Waals surface area (Å²) in [5, 5.41) is 5.47. The van der Waals surface area contributed by atoms with E-state index in [4.69, 9.17) is 18.9 Å². The Morgan fingerprint density at radius 3 is 1.83 bits per heavy atom. The smallest absolute Gasteiger partial charge is 0.246 e. The zero-order valence-corrected chi connectivity index (χ0v) is 18.8. The van der Waals surface area contributed by atoms with Crippen LogP contribution in [0.25, 0.3) is 0 Å². The van der Waals surface area contributed by atoms with Crippen molar-refractivity contribution in [2.75, 3.05) is 65.9 Å². The van der Waals surface area contributed by atoms with Crippen LogP contribution in [0, 0.1) is 5.92 Å². The number of Topliss-reactive ketones (excluding diaryl/α,β-unsaturated/α-hetero) is 1. The van der Waals surface area contributed by atoms with Gasteiger partial charge >= 0.3 is 0 Å². The minimum atomic E-state index is -0.197. The van der Waals surface area contributed by atoms with Crippen molar-refractivity contribution < 1.29 is 33.3 Å². The minimum Gasteiger partial charge on any atom is -0.379 e. The lowest BCUT2D eigenvalue weighted by Crippen LogP contribution is -2.31. The Hall–Kier alpha value is -1.55. The maximum Gasteiger partial charge on any atom is 0.246 e. The topological polar surface area (TPSA) is 112 Å². The van der Waals surface area contributed by atoms with E-state index in [1.807, 2.05) is 13.8 Å². The van der Waals surface area contributed by atoms with Gasteiger partial charge in [-0.05, 0) is 26.2 Å². The normalized spacial score (nSPS) is 11.8. The second kappa shape index (κ2) is 20.7. The average molecular weight is 433 g/mol. The molecule has 0 aliphatic heterocycles. The molecule has 176 valence electrons. The molecule has 1 atom stereocenters. The molecular formula is C21H40N2O7. The van der Waals surface area contributed by atoms with Gasteiger partial charge in [0, 0.05) is 25.6 Å². The number of ketones is 1. The molecule has 0 aromatic heterocycles. The molecule has 30 heavy (non-hydrogen) atoms. The molecule has 0 aromatic carbocycles. The second-order valence-electron chi connectivity index (χ2n) is 7.04. The van der Waals surface area contributed by atoms with Gasteiger partial charge in [-0.15, -0.1) is 0 Å². The van der Waals surface area contributed by atoms with Crippen molar-refractivity contribution in [1.82, 2.24) is 10.6 Å². The number of hydrogen-bond acceptors (Lipinski definition) is 7. The Kier molecular flexibility index (Phi) is 19.6. The first-order valence-electron chi connectivity index (χ1n) is 10.8. The molecule has 0 saturated carbocycles. The second-order valence-corrected chi connectivity index (χ2v) is 7.04. The highest BCUT2D eigenvalue weighted by molar-refractivity contribution is 5.78. The highest BCUT2D eigenvalue weighted by atomic mass is 16.5. The largest absolute Gasteiger partial charge is 0.379 e. The molecule has 0 fully saturated rings. The molecular weight excluding hydrogens is 392 g/mol. The van der Waals surface area contributed by atoms with Crippen LogP contribution in [0.2, 0.25) is 0 Å². The molecule has 2 N–H and O–H groups in total. The van der Waals surface area contributed by atoms with Crippen LogP contribution in [0.1, 0.15) is 46.5 Å². The molecule has 0 aromatic rings. The van der Waals surface area contributed by atoms with E-state index in [1.54, 1.807) is 6.92 Å². The number of rotatable bonds is 21. The highest BCUT2D eigenvalue weighted by Gasteiger charge is 2.07. The van der Waals surface area contributed by atoms with Crippen molar-refractivity contribution in [1.29, 1.82) is 0 Å². The molecule has 0 radical (unpaired) electrons. The molecule has 0 bridgehead atoms. The first-order chi connectivity index (χ1) is 14.5. The maximum atomic E-state index is 11.6. The zero-order chi connectivity index (χ0) is 22.5. The van der Waals surface area contributed by atoms with Crippen LogP contribution in [0.5, 0.6) is 0 Å². The summed E-state index contributed by atoms with van der Waals surface area (Å²) >= 11 is 0. The Morgan fingerprint density at radius 1 is 0.733 bits per heavy atom. The predicted molar refractivity (Wildman–Crippen MR) is 113 cm³/mol. The van der Waals surface area contributed by atoms with E-state index in [0.717, 1.165) is 25.7 Å². The van der Waals surface area contributed by atoms with Crippen molar-refractivity contribution >= 4 is 17.6 Å². The number of nitrogens with one attached hydrogen (secondary N) is 2. The summed E-state index contributed by atoms with van der Waals surface area (Å²) in [5.74, 6) is -0.0735. The van der Waals surface area contributed by atoms with Crippen LogP contribution < -0.4 is 10.6 Å². The molecule has 0 saturated heterocycles. The fraction of sp³-hybridized carbons (Fsp3) is 0.857. The van der Waals surface area contributed by atoms with E-state index in [9.17, 15) is 14.4 Å². The average Bonchev–Trinajstić information content (AvgIpc) is 2.71. The van der Waals surface area contributed by atoms with Crippen LogP contribution in [0.4, 0.5) is 0 Å². The number of unbranched alkanes of at least 4 members (excludes halogenated alkanes) is 1. The molecule has 0 heterocycles. The number of carbonyl (C=O) groups is 3. The number of hydrogen-bond donors (Lipinski definition) is 2.